The summed E-state index contributed by atoms with van der Waals surface area (Å²) in [6, 6.07) is 0. The van der Waals surface area contributed by atoms with Crippen molar-refractivity contribution in [2.24, 2.45) is 11.8 Å². The second-order valence-corrected chi connectivity index (χ2v) is 4.17. The first-order chi connectivity index (χ1) is 6.16. The van der Waals surface area contributed by atoms with Gasteiger partial charge in [0.2, 0.25) is 0 Å². The highest BCUT2D eigenvalue weighted by molar-refractivity contribution is 5.22. The minimum absolute atomic E-state index is 0.736. The molecule has 0 saturated carbocycles. The van der Waals surface area contributed by atoms with Gasteiger partial charge in [0.25, 0.3) is 0 Å². The molecular formula is C12H20O. The smallest absolute Gasteiger partial charge is 0.109 e. The predicted octanol–water partition coefficient (Wildman–Crippen LogP) is 3.53. The summed E-state index contributed by atoms with van der Waals surface area (Å²) in [6.45, 7) is 11.1. The molecule has 0 bridgehead atoms. The lowest BCUT2D eigenvalue weighted by Gasteiger charge is -2.18. The van der Waals surface area contributed by atoms with E-state index >= 15 is 0 Å². The lowest BCUT2D eigenvalue weighted by molar-refractivity contribution is 0.260. The SMILES string of the molecule is C=COCC1=C(C)CC[C@H]1C(C)C. The van der Waals surface area contributed by atoms with Gasteiger partial charge >= 0.3 is 0 Å². The second-order valence-electron chi connectivity index (χ2n) is 4.17. The van der Waals surface area contributed by atoms with Crippen LogP contribution in [0.25, 0.3) is 0 Å². The molecule has 0 aromatic carbocycles. The molecule has 0 radical (unpaired) electrons. The van der Waals surface area contributed by atoms with Gasteiger partial charge in [-0.15, -0.1) is 0 Å². The molecule has 0 N–H and O–H groups in total. The van der Waals surface area contributed by atoms with E-state index in [9.17, 15) is 0 Å². The van der Waals surface area contributed by atoms with Crippen molar-refractivity contribution in [1.29, 1.82) is 0 Å². The van der Waals surface area contributed by atoms with Crippen LogP contribution in [-0.4, -0.2) is 6.61 Å². The topological polar surface area (TPSA) is 9.23 Å². The highest BCUT2D eigenvalue weighted by Gasteiger charge is 2.25. The van der Waals surface area contributed by atoms with Gasteiger partial charge in [-0.3, -0.25) is 0 Å². The largest absolute Gasteiger partial charge is 0.497 e. The fraction of sp³-hybridized carbons (Fsp3) is 0.667. The summed E-state index contributed by atoms with van der Waals surface area (Å²) in [5.74, 6) is 1.47. The molecule has 13 heavy (non-hydrogen) atoms. The van der Waals surface area contributed by atoms with E-state index < -0.39 is 0 Å². The van der Waals surface area contributed by atoms with Crippen molar-refractivity contribution in [2.75, 3.05) is 6.61 Å². The Hall–Kier alpha value is -0.720. The van der Waals surface area contributed by atoms with E-state index in [0.717, 1.165) is 18.4 Å². The minimum Gasteiger partial charge on any atom is -0.497 e. The molecule has 1 rings (SSSR count). The molecule has 74 valence electrons. The van der Waals surface area contributed by atoms with Gasteiger partial charge in [-0.2, -0.15) is 0 Å². The van der Waals surface area contributed by atoms with Crippen molar-refractivity contribution in [3.63, 3.8) is 0 Å². The third-order valence-corrected chi connectivity index (χ3v) is 2.99. The predicted molar refractivity (Wildman–Crippen MR) is 56.4 cm³/mol. The summed E-state index contributed by atoms with van der Waals surface area (Å²) in [5.41, 5.74) is 3.04. The quantitative estimate of drug-likeness (QED) is 0.475. The van der Waals surface area contributed by atoms with E-state index in [1.165, 1.54) is 30.2 Å². The van der Waals surface area contributed by atoms with Crippen LogP contribution in [0.2, 0.25) is 0 Å². The lowest BCUT2D eigenvalue weighted by Crippen LogP contribution is -2.11. The van der Waals surface area contributed by atoms with Crippen LogP contribution in [-0.2, 0) is 4.74 Å². The van der Waals surface area contributed by atoms with Crippen LogP contribution in [0.1, 0.15) is 33.6 Å². The highest BCUT2D eigenvalue weighted by Crippen LogP contribution is 2.36. The lowest BCUT2D eigenvalue weighted by atomic mass is 9.89. The molecule has 1 heteroatoms. The van der Waals surface area contributed by atoms with Crippen molar-refractivity contribution < 1.29 is 4.74 Å². The summed E-state index contributed by atoms with van der Waals surface area (Å²) in [7, 11) is 0. The molecule has 0 spiro atoms. The molecule has 0 saturated heterocycles. The van der Waals surface area contributed by atoms with Gasteiger partial charge < -0.3 is 4.74 Å². The zero-order valence-electron chi connectivity index (χ0n) is 8.97. The number of allylic oxidation sites excluding steroid dienone is 1. The fourth-order valence-electron chi connectivity index (χ4n) is 2.14. The Kier molecular flexibility index (Phi) is 3.58. The molecule has 0 aliphatic heterocycles. The maximum atomic E-state index is 5.27. The monoisotopic (exact) mass is 180 g/mol. The average Bonchev–Trinajstić information content (AvgIpc) is 2.43. The molecule has 0 aromatic heterocycles. The van der Waals surface area contributed by atoms with Gasteiger partial charge in [-0.05, 0) is 37.2 Å². The van der Waals surface area contributed by atoms with Gasteiger partial charge in [0.05, 0.1) is 6.26 Å². The number of hydrogen-bond acceptors (Lipinski definition) is 1. The molecule has 0 aromatic rings. The number of hydrogen-bond donors (Lipinski definition) is 0. The fourth-order valence-corrected chi connectivity index (χ4v) is 2.14. The van der Waals surface area contributed by atoms with Gasteiger partial charge in [0.15, 0.2) is 0 Å². The highest BCUT2D eigenvalue weighted by atomic mass is 16.5. The van der Waals surface area contributed by atoms with Crippen LogP contribution in [0.3, 0.4) is 0 Å². The van der Waals surface area contributed by atoms with E-state index in [4.69, 9.17) is 4.74 Å². The molecule has 0 amide bonds. The van der Waals surface area contributed by atoms with E-state index in [0.29, 0.717) is 0 Å². The summed E-state index contributed by atoms with van der Waals surface area (Å²) >= 11 is 0. The standard InChI is InChI=1S/C12H20O/c1-5-13-8-12-10(4)6-7-11(12)9(2)3/h5,9,11H,1,6-8H2,2-4H3/t11-/m0/s1. The van der Waals surface area contributed by atoms with Crippen LogP contribution in [0, 0.1) is 11.8 Å². The van der Waals surface area contributed by atoms with Gasteiger partial charge in [0, 0.05) is 0 Å². The van der Waals surface area contributed by atoms with Gasteiger partial charge in [-0.25, -0.2) is 0 Å². The third-order valence-electron chi connectivity index (χ3n) is 2.99. The van der Waals surface area contributed by atoms with Crippen molar-refractivity contribution in [3.8, 4) is 0 Å². The Morgan fingerprint density at radius 2 is 2.31 bits per heavy atom. The Labute approximate surface area is 81.5 Å². The van der Waals surface area contributed by atoms with E-state index in [1.54, 1.807) is 0 Å². The third kappa shape index (κ3) is 2.36. The van der Waals surface area contributed by atoms with Crippen molar-refractivity contribution in [2.45, 2.75) is 33.6 Å². The maximum absolute atomic E-state index is 5.27. The maximum Gasteiger partial charge on any atom is 0.109 e. The first-order valence-electron chi connectivity index (χ1n) is 5.07. The zero-order chi connectivity index (χ0) is 9.84. The number of ether oxygens (including phenoxy) is 1. The van der Waals surface area contributed by atoms with Crippen molar-refractivity contribution in [1.82, 2.24) is 0 Å². The minimum atomic E-state index is 0.736. The van der Waals surface area contributed by atoms with Crippen LogP contribution in [0.15, 0.2) is 24.0 Å². The Bertz CT molecular complexity index is 213. The zero-order valence-corrected chi connectivity index (χ0v) is 8.97. The van der Waals surface area contributed by atoms with E-state index in [-0.39, 0.29) is 0 Å². The normalized spacial score (nSPS) is 22.6. The summed E-state index contributed by atoms with van der Waals surface area (Å²) in [4.78, 5) is 0. The molecule has 1 nitrogen and oxygen atoms in total. The average molecular weight is 180 g/mol. The Morgan fingerprint density at radius 3 is 2.85 bits per heavy atom. The second kappa shape index (κ2) is 4.50. The Morgan fingerprint density at radius 1 is 1.62 bits per heavy atom. The summed E-state index contributed by atoms with van der Waals surface area (Å²) in [6.07, 6.45) is 4.09. The number of rotatable bonds is 4. The molecule has 0 unspecified atom stereocenters. The van der Waals surface area contributed by atoms with E-state index in [2.05, 4.69) is 27.4 Å². The molecule has 1 aliphatic rings. The van der Waals surface area contributed by atoms with Crippen LogP contribution in [0.5, 0.6) is 0 Å². The summed E-state index contributed by atoms with van der Waals surface area (Å²) in [5, 5.41) is 0. The van der Waals surface area contributed by atoms with Crippen LogP contribution >= 0.6 is 0 Å². The molecule has 1 aliphatic carbocycles. The first kappa shape index (κ1) is 10.4. The van der Waals surface area contributed by atoms with Gasteiger partial charge in [0.1, 0.15) is 6.61 Å². The Balaban J connectivity index is 2.64. The summed E-state index contributed by atoms with van der Waals surface area (Å²) < 4.78 is 5.27. The molecular weight excluding hydrogens is 160 g/mol. The van der Waals surface area contributed by atoms with Crippen LogP contribution < -0.4 is 0 Å². The van der Waals surface area contributed by atoms with E-state index in [1.807, 2.05) is 0 Å². The molecule has 1 atom stereocenters. The van der Waals surface area contributed by atoms with Crippen molar-refractivity contribution in [3.05, 3.63) is 24.0 Å². The molecule has 0 fully saturated rings. The molecule has 0 heterocycles. The van der Waals surface area contributed by atoms with Crippen molar-refractivity contribution >= 4 is 0 Å². The van der Waals surface area contributed by atoms with Crippen LogP contribution in [0.4, 0.5) is 0 Å². The first-order valence-corrected chi connectivity index (χ1v) is 5.07. The van der Waals surface area contributed by atoms with Gasteiger partial charge in [-0.1, -0.05) is 26.0 Å².